The Hall–Kier alpha value is -0.693. The van der Waals surface area contributed by atoms with E-state index in [-0.39, 0.29) is 17.1 Å². The van der Waals surface area contributed by atoms with Gasteiger partial charge in [-0.25, -0.2) is 0 Å². The number of hydrogen-bond donors (Lipinski definition) is 2. The Balaban J connectivity index is 2.74. The quantitative estimate of drug-likeness (QED) is 0.287. The van der Waals surface area contributed by atoms with Crippen LogP contribution in [0, 0.1) is 5.41 Å². The van der Waals surface area contributed by atoms with Crippen LogP contribution >= 0.6 is 0 Å². The van der Waals surface area contributed by atoms with Crippen molar-refractivity contribution in [2.24, 2.45) is 5.41 Å². The topological polar surface area (TPSA) is 76.0 Å². The fourth-order valence-corrected chi connectivity index (χ4v) is 4.55. The van der Waals surface area contributed by atoms with Gasteiger partial charge in [0, 0.05) is 18.3 Å². The predicted octanol–water partition coefficient (Wildman–Crippen LogP) is 3.80. The summed E-state index contributed by atoms with van der Waals surface area (Å²) in [5.74, 6) is -0.192. The van der Waals surface area contributed by atoms with Crippen molar-refractivity contribution in [2.75, 3.05) is 7.11 Å². The van der Waals surface area contributed by atoms with Crippen molar-refractivity contribution in [2.45, 2.75) is 96.2 Å². The number of rotatable bonds is 8. The average molecular weight is 387 g/mol. The minimum atomic E-state index is -2.05. The molecule has 0 amide bonds. The first kappa shape index (κ1) is 23.3. The van der Waals surface area contributed by atoms with Crippen molar-refractivity contribution in [3.63, 3.8) is 0 Å². The average Bonchev–Trinajstić information content (AvgIpc) is 2.72. The molecule has 152 valence electrons. The molecule has 0 radical (unpaired) electrons. The molecule has 1 fully saturated rings. The number of unbranched alkanes of at least 4 members (excludes halogenated alkanes) is 1. The van der Waals surface area contributed by atoms with Gasteiger partial charge in [0.2, 0.25) is 0 Å². The minimum absolute atomic E-state index is 0.0465. The lowest BCUT2D eigenvalue weighted by molar-refractivity contribution is -0.140. The molecule has 0 aromatic rings. The Morgan fingerprint density at radius 1 is 1.27 bits per heavy atom. The van der Waals surface area contributed by atoms with E-state index in [9.17, 15) is 15.0 Å². The standard InChI is InChI=1S/C20H38O5Si/c1-19(2,3)26(6,7)25-18-15(21)14-16(22)20(18,4)13-11-9-8-10-12-17(23)24-5/h9,11,15-16,18,21-22H,8,10,12-14H2,1-7H3/b11-9-/t15-,16+,18-,20-/m1/s1. The highest BCUT2D eigenvalue weighted by Gasteiger charge is 2.54. The SMILES string of the molecule is COC(=O)CCC/C=C\C[C@@]1(C)[C@H](O[Si](C)(C)C(C)(C)C)[C@H](O)C[C@@H]1O. The van der Waals surface area contributed by atoms with Gasteiger partial charge < -0.3 is 19.4 Å². The van der Waals surface area contributed by atoms with Crippen LogP contribution in [-0.4, -0.2) is 49.9 Å². The van der Waals surface area contributed by atoms with E-state index in [1.165, 1.54) is 7.11 Å². The normalized spacial score (nSPS) is 30.1. The second-order valence-corrected chi connectivity index (χ2v) is 14.0. The van der Waals surface area contributed by atoms with Gasteiger partial charge in [0.25, 0.3) is 0 Å². The van der Waals surface area contributed by atoms with Gasteiger partial charge in [-0.1, -0.05) is 39.8 Å². The van der Waals surface area contributed by atoms with Crippen LogP contribution in [0.1, 0.15) is 59.8 Å². The van der Waals surface area contributed by atoms with E-state index in [2.05, 4.69) is 38.6 Å². The molecular weight excluding hydrogens is 348 g/mol. The van der Waals surface area contributed by atoms with Crippen molar-refractivity contribution >= 4 is 14.3 Å². The molecule has 0 saturated heterocycles. The molecule has 0 spiro atoms. The van der Waals surface area contributed by atoms with Gasteiger partial charge >= 0.3 is 5.97 Å². The van der Waals surface area contributed by atoms with Gasteiger partial charge in [0.15, 0.2) is 8.32 Å². The van der Waals surface area contributed by atoms with Gasteiger partial charge in [0.05, 0.1) is 25.4 Å². The van der Waals surface area contributed by atoms with E-state index in [1.807, 2.05) is 19.1 Å². The maximum atomic E-state index is 11.1. The number of allylic oxidation sites excluding steroid dienone is 2. The summed E-state index contributed by atoms with van der Waals surface area (Å²) in [6.45, 7) is 12.9. The molecule has 0 unspecified atom stereocenters. The smallest absolute Gasteiger partial charge is 0.305 e. The molecule has 0 aromatic heterocycles. The van der Waals surface area contributed by atoms with Crippen LogP contribution in [-0.2, 0) is 14.0 Å². The van der Waals surface area contributed by atoms with E-state index in [4.69, 9.17) is 4.43 Å². The highest BCUT2D eigenvalue weighted by molar-refractivity contribution is 6.74. The van der Waals surface area contributed by atoms with Crippen LogP contribution in [0.2, 0.25) is 18.1 Å². The second kappa shape index (κ2) is 9.00. The van der Waals surface area contributed by atoms with Gasteiger partial charge in [-0.3, -0.25) is 4.79 Å². The molecule has 1 rings (SSSR count). The summed E-state index contributed by atoms with van der Waals surface area (Å²) in [7, 11) is -0.657. The molecule has 1 saturated carbocycles. The van der Waals surface area contributed by atoms with Crippen molar-refractivity contribution in [1.82, 2.24) is 0 Å². The third-order valence-corrected chi connectivity index (χ3v) is 10.6. The monoisotopic (exact) mass is 386 g/mol. The Morgan fingerprint density at radius 3 is 2.42 bits per heavy atom. The Labute approximate surface area is 159 Å². The van der Waals surface area contributed by atoms with Crippen LogP contribution in [0.3, 0.4) is 0 Å². The fraction of sp³-hybridized carbons (Fsp3) is 0.850. The summed E-state index contributed by atoms with van der Waals surface area (Å²) in [6.07, 6.45) is 5.43. The Kier molecular flexibility index (Phi) is 8.08. The zero-order valence-electron chi connectivity index (χ0n) is 17.5. The van der Waals surface area contributed by atoms with Crippen LogP contribution in [0.25, 0.3) is 0 Å². The number of aliphatic hydroxyl groups excluding tert-OH is 2. The van der Waals surface area contributed by atoms with Crippen molar-refractivity contribution in [1.29, 1.82) is 0 Å². The summed E-state index contributed by atoms with van der Waals surface area (Å²) in [5.41, 5.74) is -0.506. The maximum absolute atomic E-state index is 11.1. The number of esters is 1. The summed E-state index contributed by atoms with van der Waals surface area (Å²) in [6, 6.07) is 0. The molecule has 2 N–H and O–H groups in total. The van der Waals surface area contributed by atoms with Crippen molar-refractivity contribution < 1.29 is 24.2 Å². The predicted molar refractivity (Wildman–Crippen MR) is 106 cm³/mol. The van der Waals surface area contributed by atoms with Gasteiger partial charge in [0.1, 0.15) is 0 Å². The highest BCUT2D eigenvalue weighted by atomic mass is 28.4. The first-order valence-corrected chi connectivity index (χ1v) is 12.5. The van der Waals surface area contributed by atoms with E-state index < -0.39 is 25.9 Å². The maximum Gasteiger partial charge on any atom is 0.305 e. The number of ether oxygens (including phenoxy) is 1. The van der Waals surface area contributed by atoms with Crippen molar-refractivity contribution in [3.05, 3.63) is 12.2 Å². The molecule has 26 heavy (non-hydrogen) atoms. The van der Waals surface area contributed by atoms with Crippen molar-refractivity contribution in [3.8, 4) is 0 Å². The molecule has 0 aliphatic heterocycles. The molecular formula is C20H38O5Si. The second-order valence-electron chi connectivity index (χ2n) is 9.27. The summed E-state index contributed by atoms with van der Waals surface area (Å²) in [5, 5.41) is 21.1. The number of methoxy groups -OCH3 is 1. The molecule has 1 aliphatic rings. The first-order chi connectivity index (χ1) is 11.8. The third kappa shape index (κ3) is 5.65. The zero-order chi connectivity index (χ0) is 20.2. The minimum Gasteiger partial charge on any atom is -0.469 e. The number of carbonyl (C=O) groups is 1. The van der Waals surface area contributed by atoms with Gasteiger partial charge in [-0.05, 0) is 37.4 Å². The molecule has 5 nitrogen and oxygen atoms in total. The lowest BCUT2D eigenvalue weighted by Crippen LogP contribution is -2.51. The van der Waals surface area contributed by atoms with Gasteiger partial charge in [-0.15, -0.1) is 0 Å². The molecule has 0 bridgehead atoms. The van der Waals surface area contributed by atoms with E-state index >= 15 is 0 Å². The summed E-state index contributed by atoms with van der Waals surface area (Å²) >= 11 is 0. The first-order valence-electron chi connectivity index (χ1n) is 9.61. The van der Waals surface area contributed by atoms with Crippen LogP contribution < -0.4 is 0 Å². The molecule has 4 atom stereocenters. The Morgan fingerprint density at radius 2 is 1.88 bits per heavy atom. The fourth-order valence-electron chi connectivity index (χ4n) is 3.13. The third-order valence-electron chi connectivity index (χ3n) is 6.16. The largest absolute Gasteiger partial charge is 0.469 e. The lowest BCUT2D eigenvalue weighted by Gasteiger charge is -2.44. The highest BCUT2D eigenvalue weighted by Crippen LogP contribution is 2.47. The summed E-state index contributed by atoms with van der Waals surface area (Å²) in [4.78, 5) is 11.1. The van der Waals surface area contributed by atoms with Crippen LogP contribution in [0.5, 0.6) is 0 Å². The number of aliphatic hydroxyl groups is 2. The van der Waals surface area contributed by atoms with E-state index in [0.29, 0.717) is 19.3 Å². The molecule has 1 aliphatic carbocycles. The van der Waals surface area contributed by atoms with E-state index in [1.54, 1.807) is 0 Å². The summed E-state index contributed by atoms with van der Waals surface area (Å²) < 4.78 is 11.2. The molecule has 6 heteroatoms. The number of carbonyl (C=O) groups excluding carboxylic acids is 1. The molecule has 0 heterocycles. The van der Waals surface area contributed by atoms with Gasteiger partial charge in [-0.2, -0.15) is 0 Å². The number of hydrogen-bond acceptors (Lipinski definition) is 5. The Bertz CT molecular complexity index is 497. The molecule has 0 aromatic carbocycles. The zero-order valence-corrected chi connectivity index (χ0v) is 18.5. The lowest BCUT2D eigenvalue weighted by atomic mass is 9.80. The van der Waals surface area contributed by atoms with Crippen LogP contribution in [0.15, 0.2) is 12.2 Å². The van der Waals surface area contributed by atoms with E-state index in [0.717, 1.165) is 12.8 Å². The van der Waals surface area contributed by atoms with Crippen LogP contribution in [0.4, 0.5) is 0 Å².